The molecule has 1 saturated heterocycles. The first-order chi connectivity index (χ1) is 13.8. The highest BCUT2D eigenvalue weighted by Crippen LogP contribution is 2.21. The van der Waals surface area contributed by atoms with E-state index < -0.39 is 0 Å². The molecular weight excluding hydrogens is 356 g/mol. The number of ether oxygens (including phenoxy) is 3. The third-order valence-electron chi connectivity index (χ3n) is 4.57. The maximum atomic E-state index is 5.58. The van der Waals surface area contributed by atoms with Gasteiger partial charge in [0.15, 0.2) is 5.96 Å². The van der Waals surface area contributed by atoms with Crippen LogP contribution in [0.3, 0.4) is 0 Å². The second kappa shape index (κ2) is 14.2. The second-order valence-electron chi connectivity index (χ2n) is 6.66. The number of nitrogens with one attached hydrogen (secondary N) is 2. The summed E-state index contributed by atoms with van der Waals surface area (Å²) in [7, 11) is 1.78. The average Bonchev–Trinajstić information content (AvgIpc) is 2.75. The predicted molar refractivity (Wildman–Crippen MR) is 114 cm³/mol. The van der Waals surface area contributed by atoms with Gasteiger partial charge in [-0.2, -0.15) is 0 Å². The Balaban J connectivity index is 1.66. The van der Waals surface area contributed by atoms with Crippen LogP contribution in [-0.2, 0) is 20.8 Å². The van der Waals surface area contributed by atoms with E-state index in [1.165, 1.54) is 11.3 Å². The Kier molecular flexibility index (Phi) is 11.4. The van der Waals surface area contributed by atoms with Crippen LogP contribution in [0.2, 0.25) is 0 Å². The van der Waals surface area contributed by atoms with Gasteiger partial charge in [-0.3, -0.25) is 4.99 Å². The van der Waals surface area contributed by atoms with E-state index in [1.807, 2.05) is 0 Å². The molecule has 0 aliphatic carbocycles. The van der Waals surface area contributed by atoms with Crippen LogP contribution in [-0.4, -0.2) is 72.3 Å². The third-order valence-corrected chi connectivity index (χ3v) is 4.57. The summed E-state index contributed by atoms with van der Waals surface area (Å²) in [5, 5.41) is 6.68. The Hall–Kier alpha value is -1.83. The maximum Gasteiger partial charge on any atom is 0.191 e. The number of hydrogen-bond acceptors (Lipinski definition) is 5. The normalized spacial score (nSPS) is 14.9. The lowest BCUT2D eigenvalue weighted by molar-refractivity contribution is 0.0487. The van der Waals surface area contributed by atoms with Crippen molar-refractivity contribution < 1.29 is 14.2 Å². The summed E-state index contributed by atoms with van der Waals surface area (Å²) in [6, 6.07) is 8.50. The molecular formula is C21H36N4O3. The van der Waals surface area contributed by atoms with Gasteiger partial charge in [0.25, 0.3) is 0 Å². The standard InChI is InChI=1S/C21H36N4O3/c1-3-4-12-26-16-17-27-13-9-23-21(22-2)24-18-19-7-5-6-8-20(19)25-10-14-28-15-11-25/h5-8H,3-4,9-18H2,1-2H3,(H2,22,23,24). The SMILES string of the molecule is CCCCOCCOCCNC(=NC)NCc1ccccc1N1CCOCC1. The molecule has 1 aromatic carbocycles. The molecule has 0 atom stereocenters. The quantitative estimate of drug-likeness (QED) is 0.322. The van der Waals surface area contributed by atoms with Crippen molar-refractivity contribution in [3.05, 3.63) is 29.8 Å². The minimum absolute atomic E-state index is 0.627. The van der Waals surface area contributed by atoms with E-state index in [1.54, 1.807) is 7.05 Å². The number of morpholine rings is 1. The zero-order valence-electron chi connectivity index (χ0n) is 17.4. The van der Waals surface area contributed by atoms with Gasteiger partial charge in [-0.25, -0.2) is 0 Å². The highest BCUT2D eigenvalue weighted by Gasteiger charge is 2.14. The Morgan fingerprint density at radius 2 is 1.82 bits per heavy atom. The van der Waals surface area contributed by atoms with Crippen molar-refractivity contribution in [2.75, 3.05) is 71.2 Å². The lowest BCUT2D eigenvalue weighted by atomic mass is 10.1. The number of aliphatic imine (C=N–C) groups is 1. The highest BCUT2D eigenvalue weighted by molar-refractivity contribution is 5.79. The number of guanidine groups is 1. The summed E-state index contributed by atoms with van der Waals surface area (Å²) in [6.45, 7) is 9.77. The van der Waals surface area contributed by atoms with E-state index in [0.717, 1.165) is 58.3 Å². The molecule has 0 aromatic heterocycles. The molecule has 0 amide bonds. The first kappa shape index (κ1) is 22.5. The van der Waals surface area contributed by atoms with Crippen LogP contribution >= 0.6 is 0 Å². The predicted octanol–water partition coefficient (Wildman–Crippen LogP) is 2.02. The second-order valence-corrected chi connectivity index (χ2v) is 6.66. The minimum Gasteiger partial charge on any atom is -0.379 e. The van der Waals surface area contributed by atoms with Gasteiger partial charge in [-0.15, -0.1) is 0 Å². The van der Waals surface area contributed by atoms with Crippen molar-refractivity contribution in [2.24, 2.45) is 4.99 Å². The fraction of sp³-hybridized carbons (Fsp3) is 0.667. The van der Waals surface area contributed by atoms with Gasteiger partial charge in [0.05, 0.1) is 33.0 Å². The average molecular weight is 393 g/mol. The van der Waals surface area contributed by atoms with Crippen molar-refractivity contribution in [3.8, 4) is 0 Å². The van der Waals surface area contributed by atoms with Crippen molar-refractivity contribution in [3.63, 3.8) is 0 Å². The molecule has 1 aliphatic rings. The number of benzene rings is 1. The van der Waals surface area contributed by atoms with E-state index in [4.69, 9.17) is 14.2 Å². The number of anilines is 1. The van der Waals surface area contributed by atoms with Crippen LogP contribution < -0.4 is 15.5 Å². The summed E-state index contributed by atoms with van der Waals surface area (Å²) in [5.41, 5.74) is 2.52. The summed E-state index contributed by atoms with van der Waals surface area (Å²) in [5.74, 6) is 0.777. The molecule has 7 nitrogen and oxygen atoms in total. The zero-order chi connectivity index (χ0) is 19.9. The van der Waals surface area contributed by atoms with Crippen LogP contribution in [0.4, 0.5) is 5.69 Å². The van der Waals surface area contributed by atoms with E-state index in [-0.39, 0.29) is 0 Å². The van der Waals surface area contributed by atoms with Gasteiger partial charge >= 0.3 is 0 Å². The molecule has 2 rings (SSSR count). The van der Waals surface area contributed by atoms with E-state index in [2.05, 4.69) is 51.7 Å². The fourth-order valence-corrected chi connectivity index (χ4v) is 2.98. The third kappa shape index (κ3) is 8.46. The molecule has 1 aromatic rings. The molecule has 0 saturated carbocycles. The molecule has 1 fully saturated rings. The van der Waals surface area contributed by atoms with Gasteiger partial charge in [-0.05, 0) is 18.1 Å². The summed E-state index contributed by atoms with van der Waals surface area (Å²) >= 11 is 0. The molecule has 2 N–H and O–H groups in total. The number of rotatable bonds is 12. The molecule has 158 valence electrons. The van der Waals surface area contributed by atoms with Gasteiger partial charge < -0.3 is 29.7 Å². The van der Waals surface area contributed by atoms with Gasteiger partial charge in [-0.1, -0.05) is 31.5 Å². The topological polar surface area (TPSA) is 67.4 Å². The number of hydrogen-bond donors (Lipinski definition) is 2. The van der Waals surface area contributed by atoms with E-state index in [0.29, 0.717) is 26.4 Å². The summed E-state index contributed by atoms with van der Waals surface area (Å²) in [6.07, 6.45) is 2.27. The maximum absolute atomic E-state index is 5.58. The van der Waals surface area contributed by atoms with Crippen molar-refractivity contribution >= 4 is 11.6 Å². The van der Waals surface area contributed by atoms with Crippen LogP contribution in [0.25, 0.3) is 0 Å². The zero-order valence-corrected chi connectivity index (χ0v) is 17.4. The van der Waals surface area contributed by atoms with Crippen molar-refractivity contribution in [1.29, 1.82) is 0 Å². The molecule has 1 aliphatic heterocycles. The first-order valence-electron chi connectivity index (χ1n) is 10.4. The number of unbranched alkanes of at least 4 members (excludes halogenated alkanes) is 1. The molecule has 0 radical (unpaired) electrons. The molecule has 0 unspecified atom stereocenters. The Morgan fingerprint density at radius 1 is 1.07 bits per heavy atom. The van der Waals surface area contributed by atoms with Crippen molar-refractivity contribution in [1.82, 2.24) is 10.6 Å². The highest BCUT2D eigenvalue weighted by atomic mass is 16.5. The lowest BCUT2D eigenvalue weighted by Gasteiger charge is -2.30. The van der Waals surface area contributed by atoms with Gasteiger partial charge in [0.1, 0.15) is 0 Å². The van der Waals surface area contributed by atoms with Crippen LogP contribution in [0.15, 0.2) is 29.3 Å². The molecule has 0 bridgehead atoms. The first-order valence-corrected chi connectivity index (χ1v) is 10.4. The summed E-state index contributed by atoms with van der Waals surface area (Å²) < 4.78 is 16.5. The number of nitrogens with zero attached hydrogens (tertiary/aromatic N) is 2. The Labute approximate surface area is 169 Å². The minimum atomic E-state index is 0.627. The molecule has 7 heteroatoms. The van der Waals surface area contributed by atoms with Crippen LogP contribution in [0.1, 0.15) is 25.3 Å². The molecule has 0 spiro atoms. The van der Waals surface area contributed by atoms with E-state index in [9.17, 15) is 0 Å². The van der Waals surface area contributed by atoms with Crippen molar-refractivity contribution in [2.45, 2.75) is 26.3 Å². The van der Waals surface area contributed by atoms with Crippen LogP contribution in [0, 0.1) is 0 Å². The van der Waals surface area contributed by atoms with Crippen LogP contribution in [0.5, 0.6) is 0 Å². The van der Waals surface area contributed by atoms with Gasteiger partial charge in [0, 0.05) is 45.5 Å². The summed E-state index contributed by atoms with van der Waals surface area (Å²) in [4.78, 5) is 6.68. The van der Waals surface area contributed by atoms with E-state index >= 15 is 0 Å². The van der Waals surface area contributed by atoms with Gasteiger partial charge in [0.2, 0.25) is 0 Å². The lowest BCUT2D eigenvalue weighted by Crippen LogP contribution is -2.40. The molecule has 1 heterocycles. The monoisotopic (exact) mass is 392 g/mol. The Morgan fingerprint density at radius 3 is 2.57 bits per heavy atom. The Bertz CT molecular complexity index is 562. The molecule has 28 heavy (non-hydrogen) atoms. The fourth-order valence-electron chi connectivity index (χ4n) is 2.98. The largest absolute Gasteiger partial charge is 0.379 e. The number of para-hydroxylation sites is 1. The smallest absolute Gasteiger partial charge is 0.191 e.